The molecule has 0 aromatic carbocycles. The number of ether oxygens (including phenoxy) is 1. The monoisotopic (exact) mass is 327 g/mol. The fraction of sp³-hybridized carbons (Fsp3) is 0.462. The van der Waals surface area contributed by atoms with E-state index in [1.54, 1.807) is 28.4 Å². The maximum absolute atomic E-state index is 12.3. The van der Waals surface area contributed by atoms with Crippen molar-refractivity contribution < 1.29 is 13.2 Å². The first-order chi connectivity index (χ1) is 9.99. The van der Waals surface area contributed by atoms with E-state index >= 15 is 0 Å². The molecule has 8 heteroatoms. The standard InChI is InChI=1S/C13H17N3O3S2/c1-9-10(8-14-16(9)2)13-11(5-6-19-13)15-21(17,18)12-4-3-7-20-12/h3-4,7-8,11,13,15H,5-6H2,1-2H3/t11-,13+/m0/s1. The summed E-state index contributed by atoms with van der Waals surface area (Å²) >= 11 is 1.21. The molecule has 3 rings (SSSR count). The Kier molecular flexibility index (Phi) is 3.87. The van der Waals surface area contributed by atoms with Crippen LogP contribution in [0.25, 0.3) is 0 Å². The molecule has 0 bridgehead atoms. The van der Waals surface area contributed by atoms with Crippen molar-refractivity contribution in [3.05, 3.63) is 35.0 Å². The zero-order chi connectivity index (χ0) is 15.0. The normalized spacial score (nSPS) is 22.8. The van der Waals surface area contributed by atoms with Gasteiger partial charge in [0.1, 0.15) is 10.3 Å². The van der Waals surface area contributed by atoms with E-state index < -0.39 is 10.0 Å². The molecule has 0 amide bonds. The van der Waals surface area contributed by atoms with Crippen molar-refractivity contribution in [3.8, 4) is 0 Å². The summed E-state index contributed by atoms with van der Waals surface area (Å²) in [7, 11) is -1.63. The molecule has 114 valence electrons. The van der Waals surface area contributed by atoms with E-state index in [1.165, 1.54) is 11.3 Å². The van der Waals surface area contributed by atoms with Crippen LogP contribution in [0.2, 0.25) is 0 Å². The van der Waals surface area contributed by atoms with Crippen LogP contribution < -0.4 is 4.72 Å². The zero-order valence-corrected chi connectivity index (χ0v) is 13.4. The molecule has 1 saturated heterocycles. The highest BCUT2D eigenvalue weighted by molar-refractivity contribution is 7.91. The molecular weight excluding hydrogens is 310 g/mol. The zero-order valence-electron chi connectivity index (χ0n) is 11.8. The number of sulfonamides is 1. The Morgan fingerprint density at radius 1 is 1.52 bits per heavy atom. The summed E-state index contributed by atoms with van der Waals surface area (Å²) < 4.78 is 35.3. The fourth-order valence-electron chi connectivity index (χ4n) is 2.49. The summed E-state index contributed by atoms with van der Waals surface area (Å²) in [5.74, 6) is 0. The molecule has 6 nitrogen and oxygen atoms in total. The van der Waals surface area contributed by atoms with Gasteiger partial charge in [-0.2, -0.15) is 5.10 Å². The molecule has 2 aromatic rings. The van der Waals surface area contributed by atoms with E-state index in [9.17, 15) is 8.42 Å². The van der Waals surface area contributed by atoms with Gasteiger partial charge in [0.15, 0.2) is 0 Å². The van der Waals surface area contributed by atoms with Gasteiger partial charge in [-0.25, -0.2) is 13.1 Å². The third-order valence-corrected chi connectivity index (χ3v) is 6.63. The molecule has 2 atom stereocenters. The number of hydrogen-bond donors (Lipinski definition) is 1. The van der Waals surface area contributed by atoms with Crippen LogP contribution >= 0.6 is 11.3 Å². The van der Waals surface area contributed by atoms with E-state index in [-0.39, 0.29) is 12.1 Å². The summed E-state index contributed by atoms with van der Waals surface area (Å²) in [5.41, 5.74) is 1.93. The Balaban J connectivity index is 1.84. The maximum Gasteiger partial charge on any atom is 0.250 e. The summed E-state index contributed by atoms with van der Waals surface area (Å²) in [4.78, 5) is 0. The Morgan fingerprint density at radius 2 is 2.33 bits per heavy atom. The topological polar surface area (TPSA) is 73.2 Å². The first kappa shape index (κ1) is 14.7. The first-order valence-electron chi connectivity index (χ1n) is 6.65. The minimum Gasteiger partial charge on any atom is -0.372 e. The molecule has 0 saturated carbocycles. The molecule has 21 heavy (non-hydrogen) atoms. The molecular formula is C13H17N3O3S2. The van der Waals surface area contributed by atoms with Crippen molar-refractivity contribution in [1.29, 1.82) is 0 Å². The van der Waals surface area contributed by atoms with Gasteiger partial charge in [0, 0.05) is 24.9 Å². The molecule has 1 N–H and O–H groups in total. The lowest BCUT2D eigenvalue weighted by Crippen LogP contribution is -2.36. The number of thiophene rings is 1. The SMILES string of the molecule is Cc1c([C@H]2OCC[C@@H]2NS(=O)(=O)c2cccs2)cnn1C. The van der Waals surface area contributed by atoms with Crippen LogP contribution in [0.1, 0.15) is 23.8 Å². The lowest BCUT2D eigenvalue weighted by atomic mass is 10.0. The second-order valence-electron chi connectivity index (χ2n) is 5.05. The Labute approximate surface area is 127 Å². The van der Waals surface area contributed by atoms with Crippen molar-refractivity contribution in [1.82, 2.24) is 14.5 Å². The molecule has 0 unspecified atom stereocenters. The summed E-state index contributed by atoms with van der Waals surface area (Å²) in [6.07, 6.45) is 2.12. The van der Waals surface area contributed by atoms with Gasteiger partial charge in [-0.3, -0.25) is 4.68 Å². The number of aromatic nitrogens is 2. The van der Waals surface area contributed by atoms with Crippen LogP contribution in [-0.4, -0.2) is 30.8 Å². The molecule has 0 spiro atoms. The average Bonchev–Trinajstić information content (AvgIpc) is 3.13. The minimum atomic E-state index is -3.49. The number of hydrogen-bond acceptors (Lipinski definition) is 5. The number of nitrogens with zero attached hydrogens (tertiary/aromatic N) is 2. The van der Waals surface area contributed by atoms with E-state index in [2.05, 4.69) is 9.82 Å². The molecule has 0 aliphatic carbocycles. The third-order valence-electron chi connectivity index (χ3n) is 3.74. The highest BCUT2D eigenvalue weighted by Gasteiger charge is 2.35. The Bertz CT molecular complexity index is 722. The summed E-state index contributed by atoms with van der Waals surface area (Å²) in [6.45, 7) is 2.49. The van der Waals surface area contributed by atoms with E-state index in [4.69, 9.17) is 4.74 Å². The van der Waals surface area contributed by atoms with Gasteiger partial charge in [-0.1, -0.05) is 6.07 Å². The summed E-state index contributed by atoms with van der Waals surface area (Å²) in [6, 6.07) is 3.07. The number of aryl methyl sites for hydroxylation is 1. The molecule has 1 fully saturated rings. The van der Waals surface area contributed by atoms with E-state index in [0.717, 1.165) is 11.3 Å². The third kappa shape index (κ3) is 2.76. The fourth-order valence-corrected chi connectivity index (χ4v) is 4.77. The smallest absolute Gasteiger partial charge is 0.250 e. The van der Waals surface area contributed by atoms with Crippen LogP contribution in [0.4, 0.5) is 0 Å². The second kappa shape index (κ2) is 5.53. The van der Waals surface area contributed by atoms with Crippen molar-refractivity contribution >= 4 is 21.4 Å². The van der Waals surface area contributed by atoms with Crippen molar-refractivity contribution in [2.75, 3.05) is 6.61 Å². The van der Waals surface area contributed by atoms with Crippen LogP contribution in [0.3, 0.4) is 0 Å². The Morgan fingerprint density at radius 3 is 2.95 bits per heavy atom. The number of nitrogens with one attached hydrogen (secondary N) is 1. The quantitative estimate of drug-likeness (QED) is 0.926. The molecule has 1 aliphatic heterocycles. The predicted molar refractivity (Wildman–Crippen MR) is 79.7 cm³/mol. The van der Waals surface area contributed by atoms with Gasteiger partial charge >= 0.3 is 0 Å². The van der Waals surface area contributed by atoms with Crippen molar-refractivity contribution in [3.63, 3.8) is 0 Å². The Hall–Kier alpha value is -1.22. The van der Waals surface area contributed by atoms with Crippen LogP contribution in [-0.2, 0) is 21.8 Å². The van der Waals surface area contributed by atoms with Gasteiger partial charge in [0.25, 0.3) is 0 Å². The van der Waals surface area contributed by atoms with Crippen molar-refractivity contribution in [2.45, 2.75) is 29.7 Å². The molecule has 3 heterocycles. The minimum absolute atomic E-state index is 0.264. The van der Waals surface area contributed by atoms with Gasteiger partial charge in [-0.05, 0) is 24.8 Å². The van der Waals surface area contributed by atoms with E-state index in [0.29, 0.717) is 17.2 Å². The molecule has 2 aromatic heterocycles. The molecule has 0 radical (unpaired) electrons. The maximum atomic E-state index is 12.3. The summed E-state index contributed by atoms with van der Waals surface area (Å²) in [5, 5.41) is 5.96. The van der Waals surface area contributed by atoms with Crippen LogP contribution in [0.5, 0.6) is 0 Å². The highest BCUT2D eigenvalue weighted by Crippen LogP contribution is 2.32. The average molecular weight is 327 g/mol. The van der Waals surface area contributed by atoms with Gasteiger partial charge in [-0.15, -0.1) is 11.3 Å². The van der Waals surface area contributed by atoms with Crippen LogP contribution in [0, 0.1) is 6.92 Å². The van der Waals surface area contributed by atoms with Gasteiger partial charge < -0.3 is 4.74 Å². The van der Waals surface area contributed by atoms with Gasteiger partial charge in [0.2, 0.25) is 10.0 Å². The molecule has 1 aliphatic rings. The second-order valence-corrected chi connectivity index (χ2v) is 7.94. The van der Waals surface area contributed by atoms with Crippen molar-refractivity contribution in [2.24, 2.45) is 7.05 Å². The largest absolute Gasteiger partial charge is 0.372 e. The first-order valence-corrected chi connectivity index (χ1v) is 9.01. The highest BCUT2D eigenvalue weighted by atomic mass is 32.2. The van der Waals surface area contributed by atoms with E-state index in [1.807, 2.05) is 14.0 Å². The number of rotatable bonds is 4. The predicted octanol–water partition coefficient (Wildman–Crippen LogP) is 1.60. The van der Waals surface area contributed by atoms with Gasteiger partial charge in [0.05, 0.1) is 12.2 Å². The lowest BCUT2D eigenvalue weighted by molar-refractivity contribution is 0.102. The van der Waals surface area contributed by atoms with Crippen LogP contribution in [0.15, 0.2) is 27.9 Å². The lowest BCUT2D eigenvalue weighted by Gasteiger charge is -2.19.